The fourth-order valence-electron chi connectivity index (χ4n) is 3.96. The maximum absolute atomic E-state index is 12.4. The Morgan fingerprint density at radius 1 is 1.00 bits per heavy atom. The van der Waals surface area contributed by atoms with Crippen molar-refractivity contribution >= 4 is 16.9 Å². The molecule has 158 valence electrons. The fraction of sp³-hybridized carbons (Fsp3) is 0.280. The lowest BCUT2D eigenvalue weighted by Gasteiger charge is -2.12. The van der Waals surface area contributed by atoms with Gasteiger partial charge in [0.2, 0.25) is 5.91 Å². The highest BCUT2D eigenvalue weighted by atomic mass is 16.1. The first kappa shape index (κ1) is 20.7. The predicted octanol–water partition coefficient (Wildman–Crippen LogP) is 4.30. The summed E-state index contributed by atoms with van der Waals surface area (Å²) in [5.41, 5.74) is 8.07. The highest BCUT2D eigenvalue weighted by Crippen LogP contribution is 2.28. The van der Waals surface area contributed by atoms with Gasteiger partial charge in [0.15, 0.2) is 5.65 Å². The van der Waals surface area contributed by atoms with Crippen molar-refractivity contribution in [3.05, 3.63) is 82.4 Å². The summed E-state index contributed by atoms with van der Waals surface area (Å²) in [5.74, 6) is 0.0108. The number of nitrogens with one attached hydrogen (secondary N) is 1. The summed E-state index contributed by atoms with van der Waals surface area (Å²) in [6, 6.07) is 14.0. The van der Waals surface area contributed by atoms with E-state index >= 15 is 0 Å². The minimum atomic E-state index is 0.0108. The van der Waals surface area contributed by atoms with Gasteiger partial charge >= 0.3 is 0 Å². The van der Waals surface area contributed by atoms with Crippen LogP contribution in [-0.2, 0) is 17.8 Å². The molecule has 31 heavy (non-hydrogen) atoms. The molecule has 0 fully saturated rings. The summed E-state index contributed by atoms with van der Waals surface area (Å²) in [7, 11) is 0. The minimum Gasteiger partial charge on any atom is -0.350 e. The van der Waals surface area contributed by atoms with Crippen LogP contribution < -0.4 is 5.32 Å². The van der Waals surface area contributed by atoms with Gasteiger partial charge < -0.3 is 5.32 Å². The zero-order valence-corrected chi connectivity index (χ0v) is 18.4. The average molecular weight is 414 g/mol. The summed E-state index contributed by atoms with van der Waals surface area (Å²) in [4.78, 5) is 21.5. The molecular weight excluding hydrogens is 386 g/mol. The topological polar surface area (TPSA) is 72.7 Å². The van der Waals surface area contributed by atoms with Gasteiger partial charge in [0, 0.05) is 23.7 Å². The molecule has 0 saturated carbocycles. The third-order valence-corrected chi connectivity index (χ3v) is 5.65. The second-order valence-electron chi connectivity index (χ2n) is 7.93. The third kappa shape index (κ3) is 4.33. The van der Waals surface area contributed by atoms with Gasteiger partial charge in [-0.25, -0.2) is 9.67 Å². The van der Waals surface area contributed by atoms with Crippen LogP contribution in [-0.4, -0.2) is 25.7 Å². The Morgan fingerprint density at radius 2 is 1.77 bits per heavy atom. The number of benzene rings is 1. The highest BCUT2D eigenvalue weighted by Gasteiger charge is 2.18. The number of aryl methyl sites for hydroxylation is 4. The maximum Gasteiger partial charge on any atom is 0.220 e. The van der Waals surface area contributed by atoms with Crippen LogP contribution in [0.1, 0.15) is 40.2 Å². The van der Waals surface area contributed by atoms with Crippen LogP contribution in [0.3, 0.4) is 0 Å². The summed E-state index contributed by atoms with van der Waals surface area (Å²) in [6.45, 7) is 8.64. The van der Waals surface area contributed by atoms with Crippen molar-refractivity contribution in [2.75, 3.05) is 0 Å². The predicted molar refractivity (Wildman–Crippen MR) is 122 cm³/mol. The van der Waals surface area contributed by atoms with Crippen LogP contribution in [0.25, 0.3) is 16.7 Å². The highest BCUT2D eigenvalue weighted by molar-refractivity contribution is 5.85. The van der Waals surface area contributed by atoms with E-state index in [9.17, 15) is 4.79 Å². The van der Waals surface area contributed by atoms with Crippen molar-refractivity contribution < 1.29 is 4.79 Å². The number of carbonyl (C=O) groups is 1. The Labute approximate surface area is 182 Å². The molecule has 1 aromatic carbocycles. The first-order chi connectivity index (χ1) is 14.9. The number of hydrogen-bond acceptors (Lipinski definition) is 4. The number of fused-ring (bicyclic) bond motifs is 1. The zero-order valence-electron chi connectivity index (χ0n) is 18.4. The maximum atomic E-state index is 12.4. The number of carbonyl (C=O) groups excluding carboxylic acids is 1. The Bertz CT molecular complexity index is 1230. The van der Waals surface area contributed by atoms with Crippen LogP contribution in [0.15, 0.2) is 48.7 Å². The molecule has 4 aromatic rings. The van der Waals surface area contributed by atoms with Crippen molar-refractivity contribution in [2.45, 2.75) is 47.1 Å². The first-order valence-electron chi connectivity index (χ1n) is 10.5. The molecule has 0 spiro atoms. The Morgan fingerprint density at radius 3 is 2.48 bits per heavy atom. The molecule has 4 rings (SSSR count). The lowest BCUT2D eigenvalue weighted by molar-refractivity contribution is -0.121. The van der Waals surface area contributed by atoms with E-state index in [4.69, 9.17) is 10.1 Å². The quantitative estimate of drug-likeness (QED) is 0.512. The van der Waals surface area contributed by atoms with E-state index < -0.39 is 0 Å². The molecule has 6 nitrogen and oxygen atoms in total. The van der Waals surface area contributed by atoms with Gasteiger partial charge in [-0.3, -0.25) is 9.78 Å². The zero-order chi connectivity index (χ0) is 22.0. The monoisotopic (exact) mass is 413 g/mol. The third-order valence-electron chi connectivity index (χ3n) is 5.65. The minimum absolute atomic E-state index is 0.0108. The molecule has 3 heterocycles. The largest absolute Gasteiger partial charge is 0.350 e. The number of rotatable bonds is 6. The summed E-state index contributed by atoms with van der Waals surface area (Å²) >= 11 is 0. The van der Waals surface area contributed by atoms with E-state index in [0.717, 1.165) is 44.9 Å². The van der Waals surface area contributed by atoms with Crippen molar-refractivity contribution in [3.63, 3.8) is 0 Å². The smallest absolute Gasteiger partial charge is 0.220 e. The molecule has 6 heteroatoms. The lowest BCUT2D eigenvalue weighted by Crippen LogP contribution is -2.23. The Balaban J connectivity index is 1.55. The molecule has 0 saturated heterocycles. The molecule has 3 aromatic heterocycles. The van der Waals surface area contributed by atoms with E-state index in [0.29, 0.717) is 19.4 Å². The molecule has 0 unspecified atom stereocenters. The van der Waals surface area contributed by atoms with Gasteiger partial charge in [0.05, 0.1) is 23.6 Å². The Hall–Kier alpha value is -3.54. The second-order valence-corrected chi connectivity index (χ2v) is 7.93. The SMILES string of the molecule is Cc1ccc(-n2nc(C)c3c(C)c(CCC(=O)NCc4ccccn4)c(C)nc32)cc1. The van der Waals surface area contributed by atoms with Gasteiger partial charge in [-0.15, -0.1) is 0 Å². The van der Waals surface area contributed by atoms with Crippen LogP contribution in [0, 0.1) is 27.7 Å². The van der Waals surface area contributed by atoms with Gasteiger partial charge in [-0.2, -0.15) is 5.10 Å². The summed E-state index contributed by atoms with van der Waals surface area (Å²) < 4.78 is 1.91. The fourth-order valence-corrected chi connectivity index (χ4v) is 3.96. The van der Waals surface area contributed by atoms with Crippen LogP contribution in [0.4, 0.5) is 0 Å². The van der Waals surface area contributed by atoms with Crippen LogP contribution in [0.5, 0.6) is 0 Å². The number of pyridine rings is 2. The molecule has 0 aliphatic rings. The molecule has 0 atom stereocenters. The molecule has 0 radical (unpaired) electrons. The number of nitrogens with zero attached hydrogens (tertiary/aromatic N) is 4. The second kappa shape index (κ2) is 8.68. The van der Waals surface area contributed by atoms with Gasteiger partial charge in [0.1, 0.15) is 0 Å². The molecule has 1 amide bonds. The van der Waals surface area contributed by atoms with E-state index in [1.807, 2.05) is 36.7 Å². The first-order valence-corrected chi connectivity index (χ1v) is 10.5. The molecule has 0 bridgehead atoms. The van der Waals surface area contributed by atoms with E-state index in [1.54, 1.807) is 6.20 Å². The number of amides is 1. The average Bonchev–Trinajstić information content (AvgIpc) is 3.09. The van der Waals surface area contributed by atoms with E-state index in [-0.39, 0.29) is 5.91 Å². The van der Waals surface area contributed by atoms with E-state index in [1.165, 1.54) is 5.56 Å². The van der Waals surface area contributed by atoms with Crippen LogP contribution >= 0.6 is 0 Å². The van der Waals surface area contributed by atoms with Gasteiger partial charge in [-0.1, -0.05) is 23.8 Å². The van der Waals surface area contributed by atoms with Gasteiger partial charge in [0.25, 0.3) is 0 Å². The van der Waals surface area contributed by atoms with E-state index in [2.05, 4.69) is 48.4 Å². The molecule has 1 N–H and O–H groups in total. The standard InChI is InChI=1S/C25H27N5O/c1-16-8-10-21(11-9-16)30-25-24(19(4)29-30)17(2)22(18(3)28-25)12-13-23(31)27-15-20-7-5-6-14-26-20/h5-11,14H,12-13,15H2,1-4H3,(H,27,31). The van der Waals surface area contributed by atoms with Crippen molar-refractivity contribution in [3.8, 4) is 5.69 Å². The Kier molecular flexibility index (Phi) is 5.80. The van der Waals surface area contributed by atoms with Gasteiger partial charge in [-0.05, 0) is 69.5 Å². The number of aromatic nitrogens is 4. The lowest BCUT2D eigenvalue weighted by atomic mass is 9.99. The van der Waals surface area contributed by atoms with Crippen molar-refractivity contribution in [1.82, 2.24) is 25.1 Å². The normalized spacial score (nSPS) is 11.1. The summed E-state index contributed by atoms with van der Waals surface area (Å²) in [5, 5.41) is 8.77. The molecule has 0 aliphatic carbocycles. The summed E-state index contributed by atoms with van der Waals surface area (Å²) in [6.07, 6.45) is 2.78. The molecule has 0 aliphatic heterocycles. The van der Waals surface area contributed by atoms with Crippen LogP contribution in [0.2, 0.25) is 0 Å². The van der Waals surface area contributed by atoms with Crippen molar-refractivity contribution in [1.29, 1.82) is 0 Å². The number of hydrogen-bond donors (Lipinski definition) is 1. The van der Waals surface area contributed by atoms with Crippen molar-refractivity contribution in [2.24, 2.45) is 0 Å². The molecular formula is C25H27N5O.